The maximum Gasteiger partial charge on any atom is 0.155 e. The van der Waals surface area contributed by atoms with Crippen LogP contribution < -0.4 is 5.73 Å². The Hall–Kier alpha value is -1.26. The van der Waals surface area contributed by atoms with Gasteiger partial charge in [-0.05, 0) is 31.6 Å². The number of hydrogen-bond donors (Lipinski definition) is 1. The van der Waals surface area contributed by atoms with Crippen LogP contribution in [-0.2, 0) is 0 Å². The largest absolute Gasteiger partial charge is 0.398 e. The van der Waals surface area contributed by atoms with Gasteiger partial charge in [0.25, 0.3) is 0 Å². The van der Waals surface area contributed by atoms with Crippen LogP contribution in [0.25, 0.3) is 5.52 Å². The monoisotopic (exact) mass is 264 g/mol. The Bertz CT molecular complexity index is 578. The second kappa shape index (κ2) is 4.44. The number of nitrogen functional groups attached to an aromatic ring is 1. The molecule has 1 saturated heterocycles. The van der Waals surface area contributed by atoms with Gasteiger partial charge in [0.1, 0.15) is 5.82 Å². The predicted octanol–water partition coefficient (Wildman–Crippen LogP) is 2.38. The molecule has 0 amide bonds. The van der Waals surface area contributed by atoms with Crippen LogP contribution in [0.1, 0.15) is 25.1 Å². The van der Waals surface area contributed by atoms with Crippen molar-refractivity contribution in [2.24, 2.45) is 0 Å². The highest BCUT2D eigenvalue weighted by Crippen LogP contribution is 2.30. The summed E-state index contributed by atoms with van der Waals surface area (Å²) < 4.78 is 2.04. The van der Waals surface area contributed by atoms with Gasteiger partial charge in [0.15, 0.2) is 5.15 Å². The van der Waals surface area contributed by atoms with E-state index in [1.807, 2.05) is 22.7 Å². The molecule has 0 aromatic carbocycles. The summed E-state index contributed by atoms with van der Waals surface area (Å²) in [5, 5.41) is 0.569. The van der Waals surface area contributed by atoms with Gasteiger partial charge in [-0.15, -0.1) is 0 Å². The SMILES string of the molecule is CCN1CCC(c2nc(Cl)c3ccc(N)cn23)C1. The van der Waals surface area contributed by atoms with Crippen LogP contribution in [0.5, 0.6) is 0 Å². The first-order valence-electron chi connectivity index (χ1n) is 6.34. The lowest BCUT2D eigenvalue weighted by atomic mass is 10.1. The Morgan fingerprint density at radius 2 is 2.33 bits per heavy atom. The Labute approximate surface area is 111 Å². The van der Waals surface area contributed by atoms with E-state index in [9.17, 15) is 0 Å². The van der Waals surface area contributed by atoms with Crippen molar-refractivity contribution in [3.05, 3.63) is 29.3 Å². The number of likely N-dealkylation sites (tertiary alicyclic amines) is 1. The van der Waals surface area contributed by atoms with Gasteiger partial charge in [0, 0.05) is 24.3 Å². The number of likely N-dealkylation sites (N-methyl/N-ethyl adjacent to an activating group) is 1. The number of halogens is 1. The first-order valence-corrected chi connectivity index (χ1v) is 6.72. The Kier molecular flexibility index (Phi) is 2.92. The third kappa shape index (κ3) is 1.85. The molecule has 2 aromatic heterocycles. The summed E-state index contributed by atoms with van der Waals surface area (Å²) in [5.41, 5.74) is 7.53. The Balaban J connectivity index is 2.04. The number of fused-ring (bicyclic) bond motifs is 1. The number of anilines is 1. The predicted molar refractivity (Wildman–Crippen MR) is 74.1 cm³/mol. The third-order valence-electron chi connectivity index (χ3n) is 3.73. The van der Waals surface area contributed by atoms with Gasteiger partial charge in [-0.25, -0.2) is 4.98 Å². The van der Waals surface area contributed by atoms with Crippen molar-refractivity contribution < 1.29 is 0 Å². The second-order valence-electron chi connectivity index (χ2n) is 4.86. The molecule has 0 aliphatic carbocycles. The van der Waals surface area contributed by atoms with E-state index in [0.29, 0.717) is 11.1 Å². The van der Waals surface area contributed by atoms with E-state index in [0.717, 1.165) is 43.1 Å². The van der Waals surface area contributed by atoms with Crippen molar-refractivity contribution in [1.29, 1.82) is 0 Å². The number of nitrogens with two attached hydrogens (primary N) is 1. The molecular formula is C13H17ClN4. The van der Waals surface area contributed by atoms with Gasteiger partial charge < -0.3 is 10.6 Å². The van der Waals surface area contributed by atoms with E-state index in [4.69, 9.17) is 17.3 Å². The lowest BCUT2D eigenvalue weighted by Crippen LogP contribution is -2.19. The molecular weight excluding hydrogens is 248 g/mol. The summed E-state index contributed by atoms with van der Waals surface area (Å²) in [6.45, 7) is 5.48. The van der Waals surface area contributed by atoms with E-state index in [1.165, 1.54) is 0 Å². The highest BCUT2D eigenvalue weighted by atomic mass is 35.5. The van der Waals surface area contributed by atoms with Crippen molar-refractivity contribution in [2.75, 3.05) is 25.4 Å². The summed E-state index contributed by atoms with van der Waals surface area (Å²) >= 11 is 6.19. The topological polar surface area (TPSA) is 46.6 Å². The van der Waals surface area contributed by atoms with Crippen LogP contribution in [-0.4, -0.2) is 33.9 Å². The van der Waals surface area contributed by atoms with Crippen LogP contribution >= 0.6 is 11.6 Å². The maximum atomic E-state index is 6.19. The van der Waals surface area contributed by atoms with Gasteiger partial charge in [-0.3, -0.25) is 4.40 Å². The smallest absolute Gasteiger partial charge is 0.155 e. The number of aromatic nitrogens is 2. The third-order valence-corrected chi connectivity index (χ3v) is 4.01. The van der Waals surface area contributed by atoms with Crippen LogP contribution in [0.15, 0.2) is 18.3 Å². The first-order chi connectivity index (χ1) is 8.69. The number of hydrogen-bond acceptors (Lipinski definition) is 3. The molecule has 5 heteroatoms. The average Bonchev–Trinajstić information content (AvgIpc) is 2.94. The van der Waals surface area contributed by atoms with E-state index in [1.54, 1.807) is 0 Å². The van der Waals surface area contributed by atoms with Crippen molar-refractivity contribution in [1.82, 2.24) is 14.3 Å². The van der Waals surface area contributed by atoms with Crippen molar-refractivity contribution in [3.8, 4) is 0 Å². The Morgan fingerprint density at radius 3 is 3.06 bits per heavy atom. The molecule has 4 nitrogen and oxygen atoms in total. The molecule has 1 aliphatic rings. The Morgan fingerprint density at radius 1 is 1.50 bits per heavy atom. The molecule has 1 aliphatic heterocycles. The number of imidazole rings is 1. The standard InChI is InChI=1S/C13H17ClN4/c1-2-17-6-5-9(7-17)13-16-12(14)11-4-3-10(15)8-18(11)13/h3-4,8-9H,2,5-7,15H2,1H3. The molecule has 96 valence electrons. The molecule has 1 fully saturated rings. The van der Waals surface area contributed by atoms with Gasteiger partial charge in [0.05, 0.1) is 5.52 Å². The zero-order valence-electron chi connectivity index (χ0n) is 10.4. The number of rotatable bonds is 2. The van der Waals surface area contributed by atoms with Gasteiger partial charge in [-0.1, -0.05) is 18.5 Å². The minimum absolute atomic E-state index is 0.451. The second-order valence-corrected chi connectivity index (χ2v) is 5.22. The molecule has 0 saturated carbocycles. The van der Waals surface area contributed by atoms with E-state index >= 15 is 0 Å². The lowest BCUT2D eigenvalue weighted by molar-refractivity contribution is 0.352. The molecule has 1 atom stereocenters. The summed E-state index contributed by atoms with van der Waals surface area (Å²) in [4.78, 5) is 6.96. The molecule has 3 rings (SSSR count). The minimum atomic E-state index is 0.451. The zero-order chi connectivity index (χ0) is 12.7. The van der Waals surface area contributed by atoms with Crippen LogP contribution in [0.3, 0.4) is 0 Å². The van der Waals surface area contributed by atoms with E-state index < -0.39 is 0 Å². The molecule has 0 radical (unpaired) electrons. The molecule has 0 bridgehead atoms. The van der Waals surface area contributed by atoms with E-state index in [2.05, 4.69) is 16.8 Å². The highest BCUT2D eigenvalue weighted by Gasteiger charge is 2.27. The summed E-state index contributed by atoms with van der Waals surface area (Å²) in [5.74, 6) is 1.49. The van der Waals surface area contributed by atoms with Gasteiger partial charge >= 0.3 is 0 Å². The van der Waals surface area contributed by atoms with Crippen LogP contribution in [0.2, 0.25) is 5.15 Å². The maximum absolute atomic E-state index is 6.19. The summed E-state index contributed by atoms with van der Waals surface area (Å²) in [6.07, 6.45) is 3.05. The first kappa shape index (κ1) is 11.8. The molecule has 18 heavy (non-hydrogen) atoms. The van der Waals surface area contributed by atoms with Gasteiger partial charge in [0.2, 0.25) is 0 Å². The molecule has 1 unspecified atom stereocenters. The fraction of sp³-hybridized carbons (Fsp3) is 0.462. The summed E-state index contributed by atoms with van der Waals surface area (Å²) in [7, 11) is 0. The molecule has 2 aromatic rings. The fourth-order valence-electron chi connectivity index (χ4n) is 2.71. The normalized spacial score (nSPS) is 20.9. The fourth-order valence-corrected chi connectivity index (χ4v) is 2.95. The van der Waals surface area contributed by atoms with Crippen LogP contribution in [0, 0.1) is 0 Å². The van der Waals surface area contributed by atoms with Crippen molar-refractivity contribution in [3.63, 3.8) is 0 Å². The number of pyridine rings is 1. The quantitative estimate of drug-likeness (QED) is 0.906. The zero-order valence-corrected chi connectivity index (χ0v) is 11.2. The van der Waals surface area contributed by atoms with Gasteiger partial charge in [-0.2, -0.15) is 0 Å². The van der Waals surface area contributed by atoms with E-state index in [-0.39, 0.29) is 0 Å². The van der Waals surface area contributed by atoms with Crippen molar-refractivity contribution in [2.45, 2.75) is 19.3 Å². The minimum Gasteiger partial charge on any atom is -0.398 e. The van der Waals surface area contributed by atoms with Crippen molar-refractivity contribution >= 4 is 22.8 Å². The number of nitrogens with zero attached hydrogens (tertiary/aromatic N) is 3. The highest BCUT2D eigenvalue weighted by molar-refractivity contribution is 6.32. The van der Waals surface area contributed by atoms with Crippen LogP contribution in [0.4, 0.5) is 5.69 Å². The lowest BCUT2D eigenvalue weighted by Gasteiger charge is -2.12. The molecule has 3 heterocycles. The molecule has 2 N–H and O–H groups in total. The average molecular weight is 265 g/mol. The molecule has 0 spiro atoms. The summed E-state index contributed by atoms with van der Waals surface area (Å²) in [6, 6.07) is 3.79.